The van der Waals surface area contributed by atoms with Crippen molar-refractivity contribution in [1.29, 1.82) is 0 Å². The van der Waals surface area contributed by atoms with Gasteiger partial charge in [0.2, 0.25) is 10.0 Å². The number of sulfonamides is 1. The van der Waals surface area contributed by atoms with Crippen molar-refractivity contribution in [1.82, 2.24) is 9.21 Å². The van der Waals surface area contributed by atoms with E-state index in [1.165, 1.54) is 10.4 Å². The van der Waals surface area contributed by atoms with Gasteiger partial charge in [-0.15, -0.1) is 0 Å². The third kappa shape index (κ3) is 3.89. The summed E-state index contributed by atoms with van der Waals surface area (Å²) >= 11 is 0. The molecule has 1 fully saturated rings. The predicted molar refractivity (Wildman–Crippen MR) is 113 cm³/mol. The summed E-state index contributed by atoms with van der Waals surface area (Å²) in [5.74, 6) is 0.969. The Labute approximate surface area is 177 Å². The number of benzene rings is 2. The largest absolute Gasteiger partial charge is 0.490 e. The summed E-state index contributed by atoms with van der Waals surface area (Å²) in [6.45, 7) is 6.19. The van der Waals surface area contributed by atoms with Crippen molar-refractivity contribution in [2.45, 2.75) is 25.2 Å². The van der Waals surface area contributed by atoms with E-state index in [1.54, 1.807) is 17.0 Å². The van der Waals surface area contributed by atoms with Crippen LogP contribution in [-0.4, -0.2) is 62.9 Å². The number of rotatable bonds is 3. The van der Waals surface area contributed by atoms with E-state index < -0.39 is 10.0 Å². The summed E-state index contributed by atoms with van der Waals surface area (Å²) in [7, 11) is -3.68. The van der Waals surface area contributed by atoms with Gasteiger partial charge in [-0.2, -0.15) is 4.31 Å². The van der Waals surface area contributed by atoms with E-state index >= 15 is 0 Å². The van der Waals surface area contributed by atoms with E-state index in [9.17, 15) is 13.2 Å². The van der Waals surface area contributed by atoms with Gasteiger partial charge in [0.05, 0.1) is 18.1 Å². The molecule has 0 radical (unpaired) electrons. The Kier molecular flexibility index (Phi) is 5.71. The summed E-state index contributed by atoms with van der Waals surface area (Å²) < 4.78 is 38.9. The van der Waals surface area contributed by atoms with Gasteiger partial charge in [0, 0.05) is 44.2 Å². The van der Waals surface area contributed by atoms with Crippen LogP contribution in [0.25, 0.3) is 0 Å². The highest BCUT2D eigenvalue weighted by molar-refractivity contribution is 7.89. The van der Waals surface area contributed by atoms with Crippen LogP contribution in [-0.2, 0) is 10.0 Å². The number of amides is 1. The zero-order valence-electron chi connectivity index (χ0n) is 17.3. The first kappa shape index (κ1) is 20.7. The molecule has 2 aliphatic rings. The molecular weight excluding hydrogens is 404 g/mol. The fourth-order valence-corrected chi connectivity index (χ4v) is 5.18. The molecule has 2 heterocycles. The summed E-state index contributed by atoms with van der Waals surface area (Å²) in [4.78, 5) is 14.8. The van der Waals surface area contributed by atoms with E-state index in [0.717, 1.165) is 17.5 Å². The van der Waals surface area contributed by atoms with Crippen LogP contribution in [0.2, 0.25) is 0 Å². The standard InChI is InChI=1S/C22H26N2O5S/c1-16-5-3-6-19(17(16)2)22(25)23-9-11-24(12-10-23)30(26,27)18-7-8-20-21(15-18)29-14-4-13-28-20/h3,5-8,15H,4,9-14H2,1-2H3. The Balaban J connectivity index is 1.47. The molecule has 0 atom stereocenters. The Bertz CT molecular complexity index is 1060. The fourth-order valence-electron chi connectivity index (χ4n) is 3.74. The van der Waals surface area contributed by atoms with Crippen molar-refractivity contribution in [2.24, 2.45) is 0 Å². The number of carbonyl (C=O) groups is 1. The maximum Gasteiger partial charge on any atom is 0.254 e. The topological polar surface area (TPSA) is 76.2 Å². The maximum atomic E-state index is 13.1. The van der Waals surface area contributed by atoms with Gasteiger partial charge in [-0.1, -0.05) is 12.1 Å². The van der Waals surface area contributed by atoms with Gasteiger partial charge in [0.15, 0.2) is 11.5 Å². The average molecular weight is 431 g/mol. The van der Waals surface area contributed by atoms with Crippen LogP contribution in [0.1, 0.15) is 27.9 Å². The van der Waals surface area contributed by atoms with Gasteiger partial charge >= 0.3 is 0 Å². The smallest absolute Gasteiger partial charge is 0.254 e. The van der Waals surface area contributed by atoms with E-state index in [-0.39, 0.29) is 23.9 Å². The monoisotopic (exact) mass is 430 g/mol. The van der Waals surface area contributed by atoms with Gasteiger partial charge in [-0.25, -0.2) is 8.42 Å². The molecule has 0 spiro atoms. The number of aryl methyl sites for hydroxylation is 1. The maximum absolute atomic E-state index is 13.1. The molecule has 1 amide bonds. The molecule has 7 nitrogen and oxygen atoms in total. The van der Waals surface area contributed by atoms with E-state index in [0.29, 0.717) is 43.4 Å². The van der Waals surface area contributed by atoms with Crippen LogP contribution in [0.4, 0.5) is 0 Å². The van der Waals surface area contributed by atoms with Crippen molar-refractivity contribution >= 4 is 15.9 Å². The van der Waals surface area contributed by atoms with Gasteiger partial charge in [-0.3, -0.25) is 4.79 Å². The molecule has 0 N–H and O–H groups in total. The fraction of sp³-hybridized carbons (Fsp3) is 0.409. The second-order valence-electron chi connectivity index (χ2n) is 7.60. The van der Waals surface area contributed by atoms with Crippen LogP contribution in [0.5, 0.6) is 11.5 Å². The molecular formula is C22H26N2O5S. The Morgan fingerprint density at radius 1 is 0.933 bits per heavy atom. The van der Waals surface area contributed by atoms with E-state index in [1.807, 2.05) is 32.0 Å². The van der Waals surface area contributed by atoms with Crippen LogP contribution < -0.4 is 9.47 Å². The molecule has 0 aromatic heterocycles. The molecule has 1 saturated heterocycles. The molecule has 4 rings (SSSR count). The minimum Gasteiger partial charge on any atom is -0.490 e. The highest BCUT2D eigenvalue weighted by atomic mass is 32.2. The molecule has 160 valence electrons. The highest BCUT2D eigenvalue weighted by Crippen LogP contribution is 2.33. The number of ether oxygens (including phenoxy) is 2. The third-order valence-corrected chi connectivity index (χ3v) is 7.61. The molecule has 0 saturated carbocycles. The molecule has 2 aromatic rings. The highest BCUT2D eigenvalue weighted by Gasteiger charge is 2.31. The summed E-state index contributed by atoms with van der Waals surface area (Å²) in [6, 6.07) is 10.4. The molecule has 0 unspecified atom stereocenters. The lowest BCUT2D eigenvalue weighted by Crippen LogP contribution is -2.50. The second-order valence-corrected chi connectivity index (χ2v) is 9.54. The first-order valence-electron chi connectivity index (χ1n) is 10.1. The van der Waals surface area contributed by atoms with Gasteiger partial charge < -0.3 is 14.4 Å². The third-order valence-electron chi connectivity index (χ3n) is 5.72. The summed E-state index contributed by atoms with van der Waals surface area (Å²) in [5.41, 5.74) is 2.70. The number of piperazine rings is 1. The van der Waals surface area contributed by atoms with Crippen LogP contribution in [0.15, 0.2) is 41.3 Å². The van der Waals surface area contributed by atoms with Crippen molar-refractivity contribution in [3.63, 3.8) is 0 Å². The van der Waals surface area contributed by atoms with E-state index in [2.05, 4.69) is 0 Å². The molecule has 0 bridgehead atoms. The minimum absolute atomic E-state index is 0.0520. The van der Waals surface area contributed by atoms with Crippen molar-refractivity contribution in [3.8, 4) is 11.5 Å². The van der Waals surface area contributed by atoms with Crippen LogP contribution >= 0.6 is 0 Å². The predicted octanol–water partition coefficient (Wildman–Crippen LogP) is 2.61. The van der Waals surface area contributed by atoms with E-state index in [4.69, 9.17) is 9.47 Å². The quantitative estimate of drug-likeness (QED) is 0.748. The number of hydrogen-bond donors (Lipinski definition) is 0. The zero-order valence-corrected chi connectivity index (χ0v) is 18.1. The summed E-state index contributed by atoms with van der Waals surface area (Å²) in [6.07, 6.45) is 0.757. The Morgan fingerprint density at radius 2 is 1.63 bits per heavy atom. The van der Waals surface area contributed by atoms with Gasteiger partial charge in [0.1, 0.15) is 0 Å². The SMILES string of the molecule is Cc1cccc(C(=O)N2CCN(S(=O)(=O)c3ccc4c(c3)OCCCO4)CC2)c1C. The molecule has 0 aliphatic carbocycles. The summed E-state index contributed by atoms with van der Waals surface area (Å²) in [5, 5.41) is 0. The molecule has 30 heavy (non-hydrogen) atoms. The average Bonchev–Trinajstić information content (AvgIpc) is 3.00. The Hall–Kier alpha value is -2.58. The van der Waals surface area contributed by atoms with Crippen molar-refractivity contribution < 1.29 is 22.7 Å². The normalized spacial score (nSPS) is 17.5. The first-order chi connectivity index (χ1) is 14.4. The molecule has 2 aliphatic heterocycles. The lowest BCUT2D eigenvalue weighted by Gasteiger charge is -2.34. The lowest BCUT2D eigenvalue weighted by atomic mass is 10.0. The molecule has 8 heteroatoms. The van der Waals surface area contributed by atoms with Crippen LogP contribution in [0, 0.1) is 13.8 Å². The van der Waals surface area contributed by atoms with Crippen molar-refractivity contribution in [3.05, 3.63) is 53.1 Å². The second kappa shape index (κ2) is 8.28. The van der Waals surface area contributed by atoms with Crippen LogP contribution in [0.3, 0.4) is 0 Å². The number of fused-ring (bicyclic) bond motifs is 1. The lowest BCUT2D eigenvalue weighted by molar-refractivity contribution is 0.0697. The van der Waals surface area contributed by atoms with Crippen molar-refractivity contribution in [2.75, 3.05) is 39.4 Å². The number of carbonyl (C=O) groups excluding carboxylic acids is 1. The van der Waals surface area contributed by atoms with Gasteiger partial charge in [-0.05, 0) is 43.2 Å². The number of hydrogen-bond acceptors (Lipinski definition) is 5. The Morgan fingerprint density at radius 3 is 2.37 bits per heavy atom. The number of nitrogens with zero attached hydrogens (tertiary/aromatic N) is 2. The van der Waals surface area contributed by atoms with Gasteiger partial charge in [0.25, 0.3) is 5.91 Å². The minimum atomic E-state index is -3.68. The first-order valence-corrected chi connectivity index (χ1v) is 11.6. The molecule has 2 aromatic carbocycles. The zero-order chi connectivity index (χ0) is 21.3.